The summed E-state index contributed by atoms with van der Waals surface area (Å²) in [5.41, 5.74) is 11.8. The number of hydrogen-bond donors (Lipinski definition) is 2. The first-order valence-corrected chi connectivity index (χ1v) is 10.9. The lowest BCUT2D eigenvalue weighted by atomic mass is 10.0. The molecule has 3 N–H and O–H groups in total. The number of rotatable bonds is 9. The molecule has 2 heterocycles. The molecule has 28 heavy (non-hydrogen) atoms. The lowest BCUT2D eigenvalue weighted by Gasteiger charge is -2.14. The molecule has 0 saturated heterocycles. The molecule has 0 spiro atoms. The van der Waals surface area contributed by atoms with Crippen LogP contribution in [0.4, 0.5) is 5.82 Å². The Labute approximate surface area is 170 Å². The first-order chi connectivity index (χ1) is 13.6. The van der Waals surface area contributed by atoms with E-state index >= 15 is 0 Å². The van der Waals surface area contributed by atoms with E-state index in [1.807, 2.05) is 29.1 Å². The van der Waals surface area contributed by atoms with E-state index in [4.69, 9.17) is 5.73 Å². The van der Waals surface area contributed by atoms with Crippen molar-refractivity contribution < 1.29 is 4.79 Å². The van der Waals surface area contributed by atoms with Gasteiger partial charge < -0.3 is 11.1 Å². The molecular formula is C22H28N4OS. The lowest BCUT2D eigenvalue weighted by molar-refractivity contribution is -0.121. The number of nitrogens with zero attached hydrogens (tertiary/aromatic N) is 2. The third-order valence-electron chi connectivity index (χ3n) is 5.14. The smallest absolute Gasteiger partial charge is 0.220 e. The Kier molecular flexibility index (Phi) is 6.98. The van der Waals surface area contributed by atoms with Gasteiger partial charge in [-0.05, 0) is 42.5 Å². The number of benzene rings is 1. The van der Waals surface area contributed by atoms with Crippen LogP contribution in [0.15, 0.2) is 35.2 Å². The van der Waals surface area contributed by atoms with Crippen molar-refractivity contribution in [1.29, 1.82) is 0 Å². The van der Waals surface area contributed by atoms with Crippen LogP contribution in [0.2, 0.25) is 0 Å². The second kappa shape index (κ2) is 9.64. The van der Waals surface area contributed by atoms with Gasteiger partial charge >= 0.3 is 0 Å². The van der Waals surface area contributed by atoms with Gasteiger partial charge in [-0.25, -0.2) is 9.97 Å². The van der Waals surface area contributed by atoms with Crippen LogP contribution in [0.1, 0.15) is 45.1 Å². The van der Waals surface area contributed by atoms with E-state index in [1.165, 1.54) is 0 Å². The maximum Gasteiger partial charge on any atom is 0.220 e. The first-order valence-electron chi connectivity index (χ1n) is 9.95. The van der Waals surface area contributed by atoms with Crippen molar-refractivity contribution in [2.45, 2.75) is 46.0 Å². The average molecular weight is 397 g/mol. The quantitative estimate of drug-likeness (QED) is 0.543. The largest absolute Gasteiger partial charge is 0.383 e. The topological polar surface area (TPSA) is 80.9 Å². The third kappa shape index (κ3) is 5.07. The van der Waals surface area contributed by atoms with E-state index < -0.39 is 0 Å². The Morgan fingerprint density at radius 1 is 1.29 bits per heavy atom. The van der Waals surface area contributed by atoms with Gasteiger partial charge in [0.1, 0.15) is 5.82 Å². The van der Waals surface area contributed by atoms with Crippen LogP contribution in [-0.2, 0) is 11.2 Å². The molecule has 1 aromatic carbocycles. The molecule has 0 aliphatic heterocycles. The molecule has 1 amide bonds. The number of hydrogen-bond acceptors (Lipinski definition) is 5. The second-order valence-corrected chi connectivity index (χ2v) is 7.90. The summed E-state index contributed by atoms with van der Waals surface area (Å²) in [6.07, 6.45) is 4.41. The second-order valence-electron chi connectivity index (χ2n) is 7.18. The van der Waals surface area contributed by atoms with Crippen molar-refractivity contribution in [3.8, 4) is 11.3 Å². The monoisotopic (exact) mass is 396 g/mol. The van der Waals surface area contributed by atoms with Gasteiger partial charge in [0.05, 0.1) is 16.7 Å². The van der Waals surface area contributed by atoms with Gasteiger partial charge in [-0.15, -0.1) is 11.3 Å². The molecule has 0 bridgehead atoms. The van der Waals surface area contributed by atoms with Crippen molar-refractivity contribution >= 4 is 34.0 Å². The van der Waals surface area contributed by atoms with E-state index in [9.17, 15) is 4.79 Å². The highest BCUT2D eigenvalue weighted by atomic mass is 32.1. The Morgan fingerprint density at radius 3 is 2.86 bits per heavy atom. The number of carbonyl (C=O) groups is 1. The van der Waals surface area contributed by atoms with Crippen LogP contribution in [0.5, 0.6) is 0 Å². The predicted octanol–water partition coefficient (Wildman–Crippen LogP) is 4.82. The van der Waals surface area contributed by atoms with Gasteiger partial charge in [0, 0.05) is 29.3 Å². The highest BCUT2D eigenvalue weighted by Gasteiger charge is 2.11. The molecule has 1 unspecified atom stereocenters. The van der Waals surface area contributed by atoms with Crippen LogP contribution in [0.25, 0.3) is 22.2 Å². The maximum absolute atomic E-state index is 12.2. The van der Waals surface area contributed by atoms with E-state index in [-0.39, 0.29) is 5.91 Å². The molecule has 0 aliphatic rings. The number of carbonyl (C=O) groups excluding carboxylic acids is 1. The summed E-state index contributed by atoms with van der Waals surface area (Å²) in [5, 5.41) is 6.11. The van der Waals surface area contributed by atoms with E-state index in [1.54, 1.807) is 11.3 Å². The van der Waals surface area contributed by atoms with Gasteiger partial charge in [0.25, 0.3) is 0 Å². The number of nitrogens with two attached hydrogens (primary N) is 1. The minimum atomic E-state index is 0.0743. The molecule has 5 nitrogen and oxygen atoms in total. The molecular weight excluding hydrogens is 368 g/mol. The van der Waals surface area contributed by atoms with Crippen molar-refractivity contribution in [3.05, 3.63) is 40.7 Å². The molecule has 3 aromatic rings. The van der Waals surface area contributed by atoms with Crippen molar-refractivity contribution in [3.63, 3.8) is 0 Å². The van der Waals surface area contributed by atoms with Crippen LogP contribution in [0.3, 0.4) is 0 Å². The summed E-state index contributed by atoms with van der Waals surface area (Å²) in [4.78, 5) is 21.1. The van der Waals surface area contributed by atoms with Crippen molar-refractivity contribution in [2.24, 2.45) is 5.92 Å². The van der Waals surface area contributed by atoms with E-state index in [2.05, 4.69) is 35.2 Å². The number of nitrogen functional groups attached to an aromatic ring is 1. The number of aryl methyl sites for hydroxylation is 1. The number of anilines is 1. The normalized spacial score (nSPS) is 12.2. The number of nitrogens with one attached hydrogen (secondary N) is 1. The van der Waals surface area contributed by atoms with Gasteiger partial charge in [-0.1, -0.05) is 32.8 Å². The average Bonchev–Trinajstić information content (AvgIpc) is 3.24. The minimum absolute atomic E-state index is 0.0743. The lowest BCUT2D eigenvalue weighted by Crippen LogP contribution is -2.29. The highest BCUT2D eigenvalue weighted by molar-refractivity contribution is 7.07. The molecule has 3 rings (SSSR count). The zero-order valence-electron chi connectivity index (χ0n) is 16.6. The number of amides is 1. The minimum Gasteiger partial charge on any atom is -0.383 e. The van der Waals surface area contributed by atoms with Gasteiger partial charge in [-0.3, -0.25) is 4.79 Å². The summed E-state index contributed by atoms with van der Waals surface area (Å²) in [5.74, 6) is 1.13. The van der Waals surface area contributed by atoms with E-state index in [0.29, 0.717) is 24.6 Å². The van der Waals surface area contributed by atoms with Crippen LogP contribution < -0.4 is 11.1 Å². The molecule has 0 radical (unpaired) electrons. The van der Waals surface area contributed by atoms with Crippen molar-refractivity contribution in [2.75, 3.05) is 12.3 Å². The number of pyridine rings is 1. The molecule has 0 aliphatic carbocycles. The Morgan fingerprint density at radius 2 is 2.14 bits per heavy atom. The zero-order chi connectivity index (χ0) is 19.9. The van der Waals surface area contributed by atoms with Gasteiger partial charge in [0.15, 0.2) is 0 Å². The standard InChI is InChI=1S/C22H28N4OS/c1-3-5-15(4-2)12-24-21(27)9-7-17-11-18-10-16(20-13-28-14-25-20)6-8-19(18)26-22(17)23/h6,8,10-11,13-15H,3-5,7,9,12H2,1-2H3,(H2,23,26)(H,24,27). The highest BCUT2D eigenvalue weighted by Crippen LogP contribution is 2.26. The summed E-state index contributed by atoms with van der Waals surface area (Å²) in [7, 11) is 0. The zero-order valence-corrected chi connectivity index (χ0v) is 17.4. The summed E-state index contributed by atoms with van der Waals surface area (Å²) in [6.45, 7) is 5.11. The number of thiazole rings is 1. The van der Waals surface area contributed by atoms with E-state index in [0.717, 1.165) is 53.5 Å². The fourth-order valence-corrected chi connectivity index (χ4v) is 3.96. The summed E-state index contributed by atoms with van der Waals surface area (Å²) in [6, 6.07) is 8.11. The molecule has 0 fully saturated rings. The molecule has 2 aromatic heterocycles. The fraction of sp³-hybridized carbons (Fsp3) is 0.409. The predicted molar refractivity (Wildman–Crippen MR) is 117 cm³/mol. The Hall–Kier alpha value is -2.47. The Balaban J connectivity index is 1.67. The van der Waals surface area contributed by atoms with Crippen LogP contribution in [0, 0.1) is 5.92 Å². The third-order valence-corrected chi connectivity index (χ3v) is 5.73. The number of fused-ring (bicyclic) bond motifs is 1. The van der Waals surface area contributed by atoms with Gasteiger partial charge in [0.2, 0.25) is 5.91 Å². The SMILES string of the molecule is CCCC(CC)CNC(=O)CCc1cc2cc(-c3cscn3)ccc2nc1N. The van der Waals surface area contributed by atoms with Gasteiger partial charge in [-0.2, -0.15) is 0 Å². The van der Waals surface area contributed by atoms with Crippen LogP contribution in [-0.4, -0.2) is 22.4 Å². The Bertz CT molecular complexity index is 924. The molecule has 6 heteroatoms. The molecule has 1 atom stereocenters. The first kappa shape index (κ1) is 20.3. The fourth-order valence-electron chi connectivity index (χ4n) is 3.40. The molecule has 148 valence electrons. The summed E-state index contributed by atoms with van der Waals surface area (Å²) >= 11 is 1.58. The number of aromatic nitrogens is 2. The summed E-state index contributed by atoms with van der Waals surface area (Å²) < 4.78 is 0. The molecule has 0 saturated carbocycles. The van der Waals surface area contributed by atoms with Crippen molar-refractivity contribution in [1.82, 2.24) is 15.3 Å². The maximum atomic E-state index is 12.2. The van der Waals surface area contributed by atoms with Crippen LogP contribution >= 0.6 is 11.3 Å².